The number of amides is 2. The number of piperidine rings is 1. The summed E-state index contributed by atoms with van der Waals surface area (Å²) >= 11 is 0. The quantitative estimate of drug-likeness (QED) is 0.505. The van der Waals surface area contributed by atoms with Crippen molar-refractivity contribution in [3.05, 3.63) is 60.2 Å². The summed E-state index contributed by atoms with van der Waals surface area (Å²) in [4.78, 5) is 31.2. The molecule has 0 unspecified atom stereocenters. The molecule has 1 N–H and O–H groups in total. The van der Waals surface area contributed by atoms with Gasteiger partial charge in [0.25, 0.3) is 0 Å². The number of ether oxygens (including phenoxy) is 2. The third-order valence-electron chi connectivity index (χ3n) is 8.15. The maximum atomic E-state index is 13.5. The lowest BCUT2D eigenvalue weighted by atomic mass is 10.1. The number of anilines is 1. The Morgan fingerprint density at radius 1 is 0.907 bits per heavy atom. The van der Waals surface area contributed by atoms with E-state index in [0.717, 1.165) is 37.4 Å². The smallest absolute Gasteiger partial charge is 0.410 e. The molecule has 5 rings (SSSR count). The van der Waals surface area contributed by atoms with Crippen LogP contribution in [0.4, 0.5) is 15.3 Å². The first-order valence-corrected chi connectivity index (χ1v) is 16.5. The summed E-state index contributed by atoms with van der Waals surface area (Å²) in [6, 6.07) is 17.0. The van der Waals surface area contributed by atoms with Crippen LogP contribution in [-0.4, -0.2) is 105 Å². The molecule has 0 aliphatic carbocycles. The normalized spacial score (nSPS) is 19.5. The van der Waals surface area contributed by atoms with Crippen LogP contribution in [0.1, 0.15) is 39.2 Å². The van der Waals surface area contributed by atoms with Crippen molar-refractivity contribution < 1.29 is 27.5 Å². The Kier molecular flexibility index (Phi) is 9.48. The summed E-state index contributed by atoms with van der Waals surface area (Å²) in [5.74, 6) is 0. The molecule has 3 saturated heterocycles. The van der Waals surface area contributed by atoms with Crippen molar-refractivity contribution in [1.29, 1.82) is 0 Å². The Labute approximate surface area is 254 Å². The van der Waals surface area contributed by atoms with Crippen molar-refractivity contribution in [3.63, 3.8) is 0 Å². The first-order chi connectivity index (χ1) is 20.5. The van der Waals surface area contributed by atoms with Crippen LogP contribution in [0.5, 0.6) is 0 Å². The number of nitrogens with one attached hydrogen (secondary N) is 1. The molecule has 0 atom stereocenters. The molecule has 3 aliphatic heterocycles. The summed E-state index contributed by atoms with van der Waals surface area (Å²) in [5.41, 5.74) is 1.28. The van der Waals surface area contributed by atoms with Crippen molar-refractivity contribution in [3.8, 4) is 0 Å². The predicted octanol–water partition coefficient (Wildman–Crippen LogP) is 3.51. The molecule has 0 saturated carbocycles. The number of likely N-dealkylation sites (tertiary alicyclic amines) is 1. The number of nitrogens with zero attached hydrogens (tertiary/aromatic N) is 4. The van der Waals surface area contributed by atoms with E-state index < -0.39 is 21.7 Å². The van der Waals surface area contributed by atoms with Crippen molar-refractivity contribution >= 4 is 27.9 Å². The van der Waals surface area contributed by atoms with E-state index in [9.17, 15) is 18.0 Å². The van der Waals surface area contributed by atoms with Gasteiger partial charge in [0.1, 0.15) is 12.2 Å². The molecule has 0 spiro atoms. The SMILES string of the molecule is CC(C)(C)OC(=O)NC1CCN(S(=O)(=O)c2cccc(N3CCN(C4CN(C(=O)OCc5ccccc5)C4)CC3)c2)CC1. The highest BCUT2D eigenvalue weighted by molar-refractivity contribution is 7.89. The van der Waals surface area contributed by atoms with E-state index >= 15 is 0 Å². The fraction of sp³-hybridized carbons (Fsp3) is 0.548. The minimum atomic E-state index is -3.66. The van der Waals surface area contributed by atoms with Gasteiger partial charge in [0, 0.05) is 70.1 Å². The Morgan fingerprint density at radius 3 is 2.23 bits per heavy atom. The largest absolute Gasteiger partial charge is 0.445 e. The van der Waals surface area contributed by atoms with Crippen molar-refractivity contribution in [2.75, 3.05) is 57.3 Å². The highest BCUT2D eigenvalue weighted by Crippen LogP contribution is 2.27. The van der Waals surface area contributed by atoms with Gasteiger partial charge in [-0.25, -0.2) is 18.0 Å². The first-order valence-electron chi connectivity index (χ1n) is 15.0. The van der Waals surface area contributed by atoms with E-state index in [2.05, 4.69) is 15.1 Å². The number of hydrogen-bond donors (Lipinski definition) is 1. The van der Waals surface area contributed by atoms with Gasteiger partial charge < -0.3 is 24.6 Å². The molecule has 3 aliphatic rings. The molecule has 3 fully saturated rings. The standard InChI is InChI=1S/C31H43N5O6S/c1-31(2,3)42-29(37)32-25-12-14-36(15-13-25)43(39,40)28-11-7-10-26(20-28)33-16-18-34(19-17-33)27-21-35(22-27)30(38)41-23-24-8-5-4-6-9-24/h4-11,20,25,27H,12-19,21-23H2,1-3H3,(H,32,37). The van der Waals surface area contributed by atoms with Crippen LogP contribution in [0, 0.1) is 0 Å². The number of sulfonamides is 1. The molecule has 0 aromatic heterocycles. The number of carbonyl (C=O) groups is 2. The number of piperazine rings is 1. The van der Waals surface area contributed by atoms with Gasteiger partial charge in [0.15, 0.2) is 0 Å². The molecule has 2 amide bonds. The van der Waals surface area contributed by atoms with Crippen LogP contribution >= 0.6 is 0 Å². The minimum absolute atomic E-state index is 0.119. The minimum Gasteiger partial charge on any atom is -0.445 e. The van der Waals surface area contributed by atoms with Crippen LogP contribution in [0.25, 0.3) is 0 Å². The van der Waals surface area contributed by atoms with Gasteiger partial charge in [-0.1, -0.05) is 36.4 Å². The van der Waals surface area contributed by atoms with E-state index in [1.165, 1.54) is 4.31 Å². The molecule has 234 valence electrons. The lowest BCUT2D eigenvalue weighted by Gasteiger charge is -2.47. The van der Waals surface area contributed by atoms with Crippen LogP contribution in [0.15, 0.2) is 59.5 Å². The third kappa shape index (κ3) is 7.98. The molecule has 3 heterocycles. The van der Waals surface area contributed by atoms with Crippen molar-refractivity contribution in [2.24, 2.45) is 0 Å². The Hall–Kier alpha value is -3.35. The van der Waals surface area contributed by atoms with Gasteiger partial charge in [-0.2, -0.15) is 4.31 Å². The summed E-state index contributed by atoms with van der Waals surface area (Å²) < 4.78 is 39.3. The number of rotatable bonds is 7. The summed E-state index contributed by atoms with van der Waals surface area (Å²) in [6.07, 6.45) is 0.310. The second-order valence-electron chi connectivity index (χ2n) is 12.4. The maximum absolute atomic E-state index is 13.5. The first kappa shape index (κ1) is 31.1. The Bertz CT molecular complexity index is 1360. The van der Waals surface area contributed by atoms with E-state index in [-0.39, 0.29) is 23.6 Å². The summed E-state index contributed by atoms with van der Waals surface area (Å²) in [6.45, 7) is 10.9. The fourth-order valence-corrected chi connectivity index (χ4v) is 7.21. The molecule has 12 heteroatoms. The average Bonchev–Trinajstić information content (AvgIpc) is 2.95. The fourth-order valence-electron chi connectivity index (χ4n) is 5.70. The highest BCUT2D eigenvalue weighted by atomic mass is 32.2. The summed E-state index contributed by atoms with van der Waals surface area (Å²) in [5, 5.41) is 2.86. The molecule has 11 nitrogen and oxygen atoms in total. The topological polar surface area (TPSA) is 112 Å². The second kappa shape index (κ2) is 13.1. The lowest BCUT2D eigenvalue weighted by molar-refractivity contribution is 0.0168. The van der Waals surface area contributed by atoms with Gasteiger partial charge >= 0.3 is 12.2 Å². The van der Waals surface area contributed by atoms with Gasteiger partial charge in [-0.3, -0.25) is 4.90 Å². The molecule has 2 aromatic rings. The lowest BCUT2D eigenvalue weighted by Crippen LogP contribution is -2.64. The Balaban J connectivity index is 1.07. The van der Waals surface area contributed by atoms with Crippen LogP contribution in [0.2, 0.25) is 0 Å². The molecule has 0 bridgehead atoms. The molecule has 2 aromatic carbocycles. The monoisotopic (exact) mass is 613 g/mol. The zero-order valence-corrected chi connectivity index (χ0v) is 26.1. The molecule has 0 radical (unpaired) electrons. The third-order valence-corrected chi connectivity index (χ3v) is 10.0. The van der Waals surface area contributed by atoms with Gasteiger partial charge in [-0.15, -0.1) is 0 Å². The van der Waals surface area contributed by atoms with Gasteiger partial charge in [0.05, 0.1) is 4.90 Å². The maximum Gasteiger partial charge on any atom is 0.410 e. The second-order valence-corrected chi connectivity index (χ2v) is 14.4. The van der Waals surface area contributed by atoms with Gasteiger partial charge in [0.2, 0.25) is 10.0 Å². The van der Waals surface area contributed by atoms with E-state index in [0.29, 0.717) is 45.1 Å². The van der Waals surface area contributed by atoms with E-state index in [1.54, 1.807) is 23.1 Å². The predicted molar refractivity (Wildman–Crippen MR) is 163 cm³/mol. The van der Waals surface area contributed by atoms with Crippen LogP contribution in [-0.2, 0) is 26.1 Å². The molecular formula is C31H43N5O6S. The van der Waals surface area contributed by atoms with E-state index in [1.807, 2.05) is 57.2 Å². The number of alkyl carbamates (subject to hydrolysis) is 1. The number of benzene rings is 2. The average molecular weight is 614 g/mol. The van der Waals surface area contributed by atoms with Crippen LogP contribution < -0.4 is 10.2 Å². The zero-order chi connectivity index (χ0) is 30.6. The number of carbonyl (C=O) groups excluding carboxylic acids is 2. The summed E-state index contributed by atoms with van der Waals surface area (Å²) in [7, 11) is -3.66. The molecular weight excluding hydrogens is 570 g/mol. The molecule has 43 heavy (non-hydrogen) atoms. The number of hydrogen-bond acceptors (Lipinski definition) is 8. The van der Waals surface area contributed by atoms with Crippen molar-refractivity contribution in [2.45, 2.75) is 62.8 Å². The Morgan fingerprint density at radius 2 is 1.58 bits per heavy atom. The van der Waals surface area contributed by atoms with Crippen molar-refractivity contribution in [1.82, 2.24) is 19.4 Å². The van der Waals surface area contributed by atoms with E-state index in [4.69, 9.17) is 9.47 Å². The zero-order valence-electron chi connectivity index (χ0n) is 25.3. The van der Waals surface area contributed by atoms with Gasteiger partial charge in [-0.05, 0) is 57.4 Å². The highest BCUT2D eigenvalue weighted by Gasteiger charge is 2.37. The van der Waals surface area contributed by atoms with Crippen LogP contribution in [0.3, 0.4) is 0 Å².